The Bertz CT molecular complexity index is 514. The summed E-state index contributed by atoms with van der Waals surface area (Å²) in [5, 5.41) is 0. The van der Waals surface area contributed by atoms with Gasteiger partial charge in [-0.25, -0.2) is 13.1 Å². The zero-order chi connectivity index (χ0) is 14.1. The van der Waals surface area contributed by atoms with Crippen LogP contribution >= 0.6 is 0 Å². The van der Waals surface area contributed by atoms with Crippen LogP contribution < -0.4 is 4.72 Å². The van der Waals surface area contributed by atoms with Gasteiger partial charge in [-0.2, -0.15) is 0 Å². The third-order valence-electron chi connectivity index (χ3n) is 3.38. The molecule has 0 amide bonds. The first kappa shape index (κ1) is 14.5. The monoisotopic (exact) mass is 282 g/mol. The van der Waals surface area contributed by atoms with Crippen LogP contribution in [0.1, 0.15) is 26.3 Å². The van der Waals surface area contributed by atoms with E-state index in [2.05, 4.69) is 30.4 Å². The van der Waals surface area contributed by atoms with Crippen LogP contribution in [0, 0.1) is 0 Å². The summed E-state index contributed by atoms with van der Waals surface area (Å²) in [6.07, 6.45) is 0. The molecule has 1 aliphatic heterocycles. The smallest absolute Gasteiger partial charge is 0.216 e. The second kappa shape index (κ2) is 5.23. The second-order valence-electron chi connectivity index (χ2n) is 6.14. The molecular weight excluding hydrogens is 260 g/mol. The van der Waals surface area contributed by atoms with Gasteiger partial charge in [-0.15, -0.1) is 0 Å². The number of rotatable bonds is 4. The first-order chi connectivity index (χ1) is 8.76. The molecule has 0 aromatic heterocycles. The summed E-state index contributed by atoms with van der Waals surface area (Å²) in [5.41, 5.74) is 0.934. The summed E-state index contributed by atoms with van der Waals surface area (Å²) in [7, 11) is -3.24. The third-order valence-corrected chi connectivity index (χ3v) is 4.78. The van der Waals surface area contributed by atoms with E-state index >= 15 is 0 Å². The molecule has 0 bridgehead atoms. The molecule has 0 radical (unpaired) electrons. The quantitative estimate of drug-likeness (QED) is 0.912. The van der Waals surface area contributed by atoms with Crippen molar-refractivity contribution in [2.45, 2.75) is 38.1 Å². The van der Waals surface area contributed by atoms with Crippen LogP contribution in [-0.2, 0) is 15.8 Å². The van der Waals surface area contributed by atoms with Crippen molar-refractivity contribution < 1.29 is 8.42 Å². The highest BCUT2D eigenvalue weighted by atomic mass is 32.2. The van der Waals surface area contributed by atoms with Crippen LogP contribution in [0.5, 0.6) is 0 Å². The lowest BCUT2D eigenvalue weighted by atomic mass is 9.98. The molecule has 1 fully saturated rings. The average Bonchev–Trinajstić information content (AvgIpc) is 2.22. The van der Waals surface area contributed by atoms with Gasteiger partial charge < -0.3 is 0 Å². The highest BCUT2D eigenvalue weighted by Crippen LogP contribution is 2.21. The van der Waals surface area contributed by atoms with Gasteiger partial charge in [-0.1, -0.05) is 30.3 Å². The lowest BCUT2D eigenvalue weighted by Gasteiger charge is -2.47. The van der Waals surface area contributed by atoms with Crippen molar-refractivity contribution in [3.8, 4) is 0 Å². The summed E-state index contributed by atoms with van der Waals surface area (Å²) in [6, 6.07) is 9.32. The van der Waals surface area contributed by atoms with E-state index in [1.165, 1.54) is 0 Å². The number of hydrogen-bond donors (Lipinski definition) is 1. The Labute approximate surface area is 115 Å². The van der Waals surface area contributed by atoms with Gasteiger partial charge in [-0.05, 0) is 26.3 Å². The second-order valence-corrected chi connectivity index (χ2v) is 7.89. The first-order valence-corrected chi connectivity index (χ1v) is 8.20. The minimum absolute atomic E-state index is 0.0490. The van der Waals surface area contributed by atoms with Crippen LogP contribution in [0.2, 0.25) is 0 Å². The molecule has 0 saturated carbocycles. The molecule has 1 saturated heterocycles. The molecule has 0 spiro atoms. The number of nitrogens with zero attached hydrogens (tertiary/aromatic N) is 1. The molecule has 1 N–H and O–H groups in total. The van der Waals surface area contributed by atoms with Gasteiger partial charge in [0.2, 0.25) is 10.0 Å². The van der Waals surface area contributed by atoms with Crippen LogP contribution in [0.3, 0.4) is 0 Å². The van der Waals surface area contributed by atoms with Crippen molar-refractivity contribution in [1.82, 2.24) is 9.62 Å². The molecule has 4 nitrogen and oxygen atoms in total. The molecule has 0 unspecified atom stereocenters. The van der Waals surface area contributed by atoms with E-state index in [0.717, 1.165) is 18.7 Å². The number of nitrogens with one attached hydrogen (secondary N) is 1. The average molecular weight is 282 g/mol. The Balaban J connectivity index is 1.87. The van der Waals surface area contributed by atoms with Gasteiger partial charge in [0.1, 0.15) is 0 Å². The number of sulfonamides is 1. The Morgan fingerprint density at radius 2 is 1.79 bits per heavy atom. The van der Waals surface area contributed by atoms with E-state index in [4.69, 9.17) is 0 Å². The van der Waals surface area contributed by atoms with Gasteiger partial charge >= 0.3 is 0 Å². The number of hydrogen-bond acceptors (Lipinski definition) is 3. The van der Waals surface area contributed by atoms with Crippen molar-refractivity contribution in [2.24, 2.45) is 0 Å². The van der Waals surface area contributed by atoms with Crippen LogP contribution in [0.15, 0.2) is 30.3 Å². The molecule has 19 heavy (non-hydrogen) atoms. The predicted molar refractivity (Wildman–Crippen MR) is 77.3 cm³/mol. The lowest BCUT2D eigenvalue weighted by molar-refractivity contribution is 0.0435. The van der Waals surface area contributed by atoms with Gasteiger partial charge in [0, 0.05) is 24.7 Å². The van der Waals surface area contributed by atoms with Gasteiger partial charge in [0.05, 0.1) is 5.75 Å². The van der Waals surface area contributed by atoms with Gasteiger partial charge in [0.25, 0.3) is 0 Å². The predicted octanol–water partition coefficient (Wildman–Crippen LogP) is 1.59. The van der Waals surface area contributed by atoms with Crippen molar-refractivity contribution in [3.05, 3.63) is 35.9 Å². The summed E-state index contributed by atoms with van der Waals surface area (Å²) in [5.74, 6) is 0.0554. The maximum atomic E-state index is 12.0. The SMILES string of the molecule is CC(C)(C)N1CC(NS(=O)(=O)Cc2ccccc2)C1. The van der Waals surface area contributed by atoms with Crippen molar-refractivity contribution in [1.29, 1.82) is 0 Å². The fraction of sp³-hybridized carbons (Fsp3) is 0.571. The summed E-state index contributed by atoms with van der Waals surface area (Å²) >= 11 is 0. The molecule has 0 atom stereocenters. The summed E-state index contributed by atoms with van der Waals surface area (Å²) in [4.78, 5) is 2.27. The van der Waals surface area contributed by atoms with E-state index < -0.39 is 10.0 Å². The van der Waals surface area contributed by atoms with E-state index in [1.54, 1.807) is 0 Å². The van der Waals surface area contributed by atoms with E-state index in [0.29, 0.717) is 0 Å². The Hall–Kier alpha value is -0.910. The molecule has 2 rings (SSSR count). The standard InChI is InChI=1S/C14H22N2O2S/c1-14(2,3)16-9-13(10-16)15-19(17,18)11-12-7-5-4-6-8-12/h4-8,13,15H,9-11H2,1-3H3. The van der Waals surface area contributed by atoms with E-state index in [9.17, 15) is 8.42 Å². The summed E-state index contributed by atoms with van der Waals surface area (Å²) < 4.78 is 26.8. The molecule has 1 heterocycles. The molecule has 1 aliphatic rings. The molecule has 0 aliphatic carbocycles. The first-order valence-electron chi connectivity index (χ1n) is 6.55. The summed E-state index contributed by atoms with van der Waals surface area (Å²) in [6.45, 7) is 8.00. The van der Waals surface area contributed by atoms with Gasteiger partial charge in [0.15, 0.2) is 0 Å². The minimum atomic E-state index is -3.24. The maximum Gasteiger partial charge on any atom is 0.216 e. The number of benzene rings is 1. The third kappa shape index (κ3) is 4.03. The van der Waals surface area contributed by atoms with Crippen molar-refractivity contribution in [2.75, 3.05) is 13.1 Å². The maximum absolute atomic E-state index is 12.0. The topological polar surface area (TPSA) is 49.4 Å². The fourth-order valence-corrected chi connectivity index (χ4v) is 3.56. The minimum Gasteiger partial charge on any atom is -0.295 e. The van der Waals surface area contributed by atoms with Crippen LogP contribution in [0.25, 0.3) is 0 Å². The highest BCUT2D eigenvalue weighted by Gasteiger charge is 2.36. The molecule has 1 aromatic carbocycles. The molecule has 5 heteroatoms. The Kier molecular flexibility index (Phi) is 3.99. The van der Waals surface area contributed by atoms with Crippen molar-refractivity contribution >= 4 is 10.0 Å². The van der Waals surface area contributed by atoms with Crippen LogP contribution in [0.4, 0.5) is 0 Å². The molecule has 106 valence electrons. The highest BCUT2D eigenvalue weighted by molar-refractivity contribution is 7.88. The lowest BCUT2D eigenvalue weighted by Crippen LogP contribution is -2.64. The van der Waals surface area contributed by atoms with Crippen LogP contribution in [-0.4, -0.2) is 38.0 Å². The zero-order valence-electron chi connectivity index (χ0n) is 11.8. The zero-order valence-corrected chi connectivity index (χ0v) is 12.6. The Morgan fingerprint density at radius 3 is 2.32 bits per heavy atom. The molecule has 1 aromatic rings. The normalized spacial score (nSPS) is 18.3. The van der Waals surface area contributed by atoms with Crippen molar-refractivity contribution in [3.63, 3.8) is 0 Å². The van der Waals surface area contributed by atoms with E-state index in [1.807, 2.05) is 30.3 Å². The molecular formula is C14H22N2O2S. The Morgan fingerprint density at radius 1 is 1.21 bits per heavy atom. The largest absolute Gasteiger partial charge is 0.295 e. The van der Waals surface area contributed by atoms with Gasteiger partial charge in [-0.3, -0.25) is 4.90 Å². The fourth-order valence-electron chi connectivity index (χ4n) is 2.19. The van der Waals surface area contributed by atoms with E-state index in [-0.39, 0.29) is 17.3 Å². The number of likely N-dealkylation sites (tertiary alicyclic amines) is 1.